The number of amides is 3. The van der Waals surface area contributed by atoms with Crippen molar-refractivity contribution in [3.05, 3.63) is 84.2 Å². The number of ether oxygens (including phenoxy) is 1. The van der Waals surface area contributed by atoms with Crippen molar-refractivity contribution < 1.29 is 39.2 Å². The zero-order chi connectivity index (χ0) is 40.3. The Morgan fingerprint density at radius 1 is 0.929 bits per heavy atom. The number of hydrogen-bond acceptors (Lipinski definition) is 10. The van der Waals surface area contributed by atoms with Gasteiger partial charge in [0.05, 0.1) is 18.5 Å². The molecular weight excluding hydrogens is 718 g/mol. The lowest BCUT2D eigenvalue weighted by atomic mass is 9.82. The summed E-state index contributed by atoms with van der Waals surface area (Å²) < 4.78 is 5.87. The molecule has 1 saturated heterocycles. The predicted octanol–water partition coefficient (Wildman–Crippen LogP) is 3.15. The molecule has 5 atom stereocenters. The van der Waals surface area contributed by atoms with Crippen LogP contribution in [0, 0.1) is 11.8 Å². The number of aromatic nitrogens is 3. The van der Waals surface area contributed by atoms with Crippen molar-refractivity contribution >= 4 is 23.9 Å². The summed E-state index contributed by atoms with van der Waals surface area (Å²) in [6, 6.07) is 13.0. The molecular formula is C41H59N7O8. The quantitative estimate of drug-likeness (QED) is 0.105. The lowest BCUT2D eigenvalue weighted by molar-refractivity contribution is -0.135. The van der Waals surface area contributed by atoms with Gasteiger partial charge in [-0.2, -0.15) is 0 Å². The fraction of sp³-hybridized carbons (Fsp3) is 0.561. The minimum Gasteiger partial charge on any atom is -0.481 e. The van der Waals surface area contributed by atoms with E-state index in [9.17, 15) is 24.6 Å². The molecule has 56 heavy (non-hydrogen) atoms. The van der Waals surface area contributed by atoms with Crippen molar-refractivity contribution in [2.75, 3.05) is 19.6 Å². The van der Waals surface area contributed by atoms with Gasteiger partial charge in [0.15, 0.2) is 6.10 Å². The van der Waals surface area contributed by atoms with E-state index in [0.717, 1.165) is 63.1 Å². The van der Waals surface area contributed by atoms with Gasteiger partial charge in [-0.15, -0.1) is 0 Å². The van der Waals surface area contributed by atoms with Crippen molar-refractivity contribution in [1.29, 1.82) is 0 Å². The molecule has 0 radical (unpaired) electrons. The van der Waals surface area contributed by atoms with Crippen LogP contribution in [0.5, 0.6) is 0 Å². The maximum atomic E-state index is 14.2. The zero-order valence-electron chi connectivity index (χ0n) is 32.3. The van der Waals surface area contributed by atoms with E-state index >= 15 is 0 Å². The molecule has 8 N–H and O–H groups in total. The lowest BCUT2D eigenvalue weighted by Gasteiger charge is -2.33. The second kappa shape index (κ2) is 23.3. The van der Waals surface area contributed by atoms with Gasteiger partial charge < -0.3 is 46.3 Å². The zero-order valence-corrected chi connectivity index (χ0v) is 32.3. The topological polar surface area (TPSA) is 233 Å². The third-order valence-corrected chi connectivity index (χ3v) is 10.5. The number of carbonyl (C=O) groups is 4. The molecule has 5 rings (SSSR count). The van der Waals surface area contributed by atoms with Gasteiger partial charge in [0.25, 0.3) is 11.9 Å². The Kier molecular flexibility index (Phi) is 18.2. The first-order valence-electron chi connectivity index (χ1n) is 19.8. The SMILES string of the molecule is CC(=O)O.NCC1CCN(C(=O)O[C@@H](Cc2ccccc2)C(=O)N[C@@H](Cc2cnc[nH]2)C(=O)N[C@@H](CC2CCCCC2)[C@@H](O)[C@@H](O)CCc2ccccn2)CC1. The van der Waals surface area contributed by atoms with Crippen LogP contribution in [-0.2, 0) is 38.4 Å². The van der Waals surface area contributed by atoms with Crippen molar-refractivity contribution in [2.24, 2.45) is 17.6 Å². The number of nitrogens with one attached hydrogen (secondary N) is 3. The molecule has 0 bridgehead atoms. The third-order valence-electron chi connectivity index (χ3n) is 10.5. The van der Waals surface area contributed by atoms with E-state index in [4.69, 9.17) is 20.4 Å². The number of aliphatic carboxylic acids is 1. The first-order chi connectivity index (χ1) is 27.0. The van der Waals surface area contributed by atoms with Gasteiger partial charge in [0, 0.05) is 56.6 Å². The van der Waals surface area contributed by atoms with Crippen LogP contribution in [0.25, 0.3) is 0 Å². The average Bonchev–Trinajstić information content (AvgIpc) is 3.73. The Morgan fingerprint density at radius 2 is 1.62 bits per heavy atom. The molecule has 0 spiro atoms. The number of carboxylic acid groups (broad SMARTS) is 1. The van der Waals surface area contributed by atoms with Crippen LogP contribution in [0.4, 0.5) is 4.79 Å². The van der Waals surface area contributed by atoms with Crippen LogP contribution in [0.15, 0.2) is 67.3 Å². The molecule has 1 aromatic carbocycles. The Labute approximate surface area is 328 Å². The summed E-state index contributed by atoms with van der Waals surface area (Å²) >= 11 is 0. The summed E-state index contributed by atoms with van der Waals surface area (Å²) in [5.41, 5.74) is 8.04. The van der Waals surface area contributed by atoms with Gasteiger partial charge >= 0.3 is 6.09 Å². The molecule has 15 nitrogen and oxygen atoms in total. The number of aliphatic hydroxyl groups is 2. The van der Waals surface area contributed by atoms with Crippen molar-refractivity contribution in [1.82, 2.24) is 30.5 Å². The van der Waals surface area contributed by atoms with E-state index in [1.165, 1.54) is 6.33 Å². The van der Waals surface area contributed by atoms with Gasteiger partial charge in [0.2, 0.25) is 5.91 Å². The number of nitrogens with zero attached hydrogens (tertiary/aromatic N) is 3. The van der Waals surface area contributed by atoms with Crippen molar-refractivity contribution in [2.45, 2.75) is 114 Å². The Hall–Kier alpha value is -4.86. The van der Waals surface area contributed by atoms with Gasteiger partial charge in [-0.25, -0.2) is 9.78 Å². The fourth-order valence-corrected chi connectivity index (χ4v) is 7.28. The van der Waals surface area contributed by atoms with Crippen LogP contribution in [0.2, 0.25) is 0 Å². The largest absolute Gasteiger partial charge is 0.481 e. The standard InChI is InChI=1S/C39H55N7O6.C2H4O2/c40-24-29-16-19-46(20-17-29)39(51)52-35(22-28-11-5-2-6-12-28)38(50)45-33(23-31-25-41-26-43-31)37(49)44-32(21-27-9-3-1-4-10-27)36(48)34(47)15-14-30-13-7-8-18-42-30;1-2(3)4/h2,5-8,11-13,18,25-27,29,32-36,47-48H,1,3-4,9-10,14-17,19-24,40H2,(H,41,43)(H,44,49)(H,45,50);1H3,(H,3,4)/t32-,33-,34-,35-,36+;/m0./s1. The number of likely N-dealkylation sites (tertiary alicyclic amines) is 1. The molecule has 15 heteroatoms. The number of rotatable bonds is 17. The Bertz CT molecular complexity index is 1600. The molecule has 2 aliphatic rings. The van der Waals surface area contributed by atoms with E-state index in [1.807, 2.05) is 48.5 Å². The number of hydrogen-bond donors (Lipinski definition) is 7. The van der Waals surface area contributed by atoms with Gasteiger partial charge in [0.1, 0.15) is 12.1 Å². The summed E-state index contributed by atoms with van der Waals surface area (Å²) in [6.07, 6.45) is 8.82. The van der Waals surface area contributed by atoms with E-state index in [-0.39, 0.29) is 25.2 Å². The first kappa shape index (κ1) is 43.9. The minimum atomic E-state index is -1.24. The van der Waals surface area contributed by atoms with Gasteiger partial charge in [-0.05, 0) is 68.2 Å². The molecule has 2 aromatic heterocycles. The fourth-order valence-electron chi connectivity index (χ4n) is 7.28. The molecule has 1 aliphatic heterocycles. The summed E-state index contributed by atoms with van der Waals surface area (Å²) in [7, 11) is 0. The molecule has 3 aromatic rings. The molecule has 3 heterocycles. The number of H-pyrrole nitrogens is 1. The number of aliphatic hydroxyl groups excluding tert-OH is 2. The molecule has 1 aliphatic carbocycles. The molecule has 2 fully saturated rings. The second-order valence-corrected chi connectivity index (χ2v) is 14.9. The molecule has 306 valence electrons. The summed E-state index contributed by atoms with van der Waals surface area (Å²) in [4.78, 5) is 63.6. The van der Waals surface area contributed by atoms with Gasteiger partial charge in [-0.1, -0.05) is 68.5 Å². The van der Waals surface area contributed by atoms with E-state index in [0.29, 0.717) is 44.1 Å². The summed E-state index contributed by atoms with van der Waals surface area (Å²) in [5, 5.41) is 35.9. The second-order valence-electron chi connectivity index (χ2n) is 14.9. The van der Waals surface area contributed by atoms with Gasteiger partial charge in [-0.3, -0.25) is 19.4 Å². The van der Waals surface area contributed by atoms with Crippen LogP contribution in [0.3, 0.4) is 0 Å². The van der Waals surface area contributed by atoms with E-state index < -0.39 is 54.3 Å². The Morgan fingerprint density at radius 3 is 2.25 bits per heavy atom. The Balaban J connectivity index is 0.00000166. The normalized spacial score (nSPS) is 17.6. The van der Waals surface area contributed by atoms with E-state index in [2.05, 4.69) is 25.6 Å². The van der Waals surface area contributed by atoms with Crippen LogP contribution >= 0.6 is 0 Å². The highest BCUT2D eigenvalue weighted by Crippen LogP contribution is 2.29. The summed E-state index contributed by atoms with van der Waals surface area (Å²) in [6.45, 7) is 2.62. The maximum absolute atomic E-state index is 14.2. The van der Waals surface area contributed by atoms with Crippen molar-refractivity contribution in [3.8, 4) is 0 Å². The highest BCUT2D eigenvalue weighted by atomic mass is 16.6. The third kappa shape index (κ3) is 15.0. The number of aromatic amines is 1. The van der Waals surface area contributed by atoms with Crippen LogP contribution < -0.4 is 16.4 Å². The summed E-state index contributed by atoms with van der Waals surface area (Å²) in [5.74, 6) is -1.35. The number of imidazole rings is 1. The number of piperidine rings is 1. The monoisotopic (exact) mass is 777 g/mol. The number of aryl methyl sites for hydroxylation is 1. The number of carbonyl (C=O) groups excluding carboxylic acids is 3. The highest BCUT2D eigenvalue weighted by Gasteiger charge is 2.35. The number of benzene rings is 1. The lowest BCUT2D eigenvalue weighted by Crippen LogP contribution is -2.57. The smallest absolute Gasteiger partial charge is 0.410 e. The minimum absolute atomic E-state index is 0.0741. The molecule has 1 saturated carbocycles. The maximum Gasteiger partial charge on any atom is 0.410 e. The first-order valence-corrected chi connectivity index (χ1v) is 19.8. The predicted molar refractivity (Wildman–Crippen MR) is 209 cm³/mol. The highest BCUT2D eigenvalue weighted by molar-refractivity contribution is 5.90. The number of nitrogens with two attached hydrogens (primary N) is 1. The molecule has 3 amide bonds. The molecule has 0 unspecified atom stereocenters. The van der Waals surface area contributed by atoms with Crippen molar-refractivity contribution in [3.63, 3.8) is 0 Å². The van der Waals surface area contributed by atoms with E-state index in [1.54, 1.807) is 17.3 Å². The number of pyridine rings is 1. The number of carboxylic acids is 1. The van der Waals surface area contributed by atoms with Crippen LogP contribution in [-0.4, -0.2) is 109 Å². The van der Waals surface area contributed by atoms with Crippen LogP contribution in [0.1, 0.15) is 81.7 Å². The average molecular weight is 778 g/mol.